The van der Waals surface area contributed by atoms with Crippen LogP contribution in [0.15, 0.2) is 47.6 Å². The molecule has 3 heteroatoms. The van der Waals surface area contributed by atoms with Gasteiger partial charge in [0.2, 0.25) is 0 Å². The summed E-state index contributed by atoms with van der Waals surface area (Å²) in [5.74, 6) is 0.991. The maximum absolute atomic E-state index is 8.82. The normalized spacial score (nSPS) is 13.1. The average Bonchev–Trinajstić information content (AvgIpc) is 2.81. The molecule has 0 saturated carbocycles. The molecule has 1 heterocycles. The number of ether oxygens (including phenoxy) is 1. The first-order valence-corrected chi connectivity index (χ1v) is 5.39. The Balaban J connectivity index is 2.07. The first-order valence-electron chi connectivity index (χ1n) is 5.39. The maximum atomic E-state index is 8.82. The van der Waals surface area contributed by atoms with Crippen LogP contribution in [0.1, 0.15) is 12.2 Å². The largest absolute Gasteiger partial charge is 0.469 e. The van der Waals surface area contributed by atoms with E-state index in [9.17, 15) is 0 Å². The minimum atomic E-state index is -0.269. The van der Waals surface area contributed by atoms with Crippen LogP contribution in [0.25, 0.3) is 0 Å². The van der Waals surface area contributed by atoms with Gasteiger partial charge in [0.25, 0.3) is 0 Å². The quantitative estimate of drug-likeness (QED) is 0.686. The smallest absolute Gasteiger partial charge is 0.104 e. The van der Waals surface area contributed by atoms with E-state index >= 15 is 0 Å². The van der Waals surface area contributed by atoms with E-state index < -0.39 is 0 Å². The molecular formula is C13H18O3. The van der Waals surface area contributed by atoms with Gasteiger partial charge in [0.1, 0.15) is 5.76 Å². The van der Waals surface area contributed by atoms with Crippen molar-refractivity contribution in [2.24, 2.45) is 0 Å². The molecule has 1 aromatic rings. The molecule has 1 aromatic heterocycles. The molecular weight excluding hydrogens is 204 g/mol. The van der Waals surface area contributed by atoms with Crippen LogP contribution in [0.2, 0.25) is 0 Å². The number of furan rings is 1. The van der Waals surface area contributed by atoms with Gasteiger partial charge in [-0.3, -0.25) is 0 Å². The second-order valence-corrected chi connectivity index (χ2v) is 3.38. The zero-order valence-electron chi connectivity index (χ0n) is 9.34. The summed E-state index contributed by atoms with van der Waals surface area (Å²) < 4.78 is 10.5. The summed E-state index contributed by atoms with van der Waals surface area (Å²) in [6.45, 7) is 4.03. The van der Waals surface area contributed by atoms with Crippen molar-refractivity contribution in [2.75, 3.05) is 13.2 Å². The number of aliphatic hydroxyl groups excluding tert-OH is 1. The Labute approximate surface area is 96.0 Å². The highest BCUT2D eigenvalue weighted by Gasteiger charge is 1.98. The van der Waals surface area contributed by atoms with E-state index in [4.69, 9.17) is 14.3 Å². The number of aliphatic hydroxyl groups is 1. The highest BCUT2D eigenvalue weighted by atomic mass is 16.5. The van der Waals surface area contributed by atoms with Crippen LogP contribution >= 0.6 is 0 Å². The van der Waals surface area contributed by atoms with E-state index in [1.54, 1.807) is 12.3 Å². The van der Waals surface area contributed by atoms with Gasteiger partial charge in [0, 0.05) is 6.42 Å². The van der Waals surface area contributed by atoms with Gasteiger partial charge in [-0.1, -0.05) is 18.2 Å². The molecule has 1 atom stereocenters. The van der Waals surface area contributed by atoms with Crippen LogP contribution in [0.4, 0.5) is 0 Å². The fourth-order valence-electron chi connectivity index (χ4n) is 1.24. The van der Waals surface area contributed by atoms with Gasteiger partial charge in [-0.15, -0.1) is 6.58 Å². The van der Waals surface area contributed by atoms with Crippen molar-refractivity contribution in [1.82, 2.24) is 0 Å². The van der Waals surface area contributed by atoms with Crippen molar-refractivity contribution in [3.8, 4) is 0 Å². The maximum Gasteiger partial charge on any atom is 0.104 e. The van der Waals surface area contributed by atoms with Crippen molar-refractivity contribution in [2.45, 2.75) is 18.9 Å². The van der Waals surface area contributed by atoms with Crippen molar-refractivity contribution >= 4 is 0 Å². The standard InChI is InChI=1S/C13H18O3/c1-2-12(11-14)15-9-5-3-4-7-13-8-6-10-16-13/h2-3,5-6,8,10,12,14H,1,4,7,9,11H2/b5-3+/t12-/m1/s1. The monoisotopic (exact) mass is 222 g/mol. The zero-order chi connectivity index (χ0) is 11.6. The second-order valence-electron chi connectivity index (χ2n) is 3.38. The van der Waals surface area contributed by atoms with Crippen LogP contribution in [0.3, 0.4) is 0 Å². The summed E-state index contributed by atoms with van der Waals surface area (Å²) in [6, 6.07) is 3.85. The molecule has 16 heavy (non-hydrogen) atoms. The van der Waals surface area contributed by atoms with Crippen molar-refractivity contribution in [3.63, 3.8) is 0 Å². The number of hydrogen-bond donors (Lipinski definition) is 1. The van der Waals surface area contributed by atoms with E-state index in [0.717, 1.165) is 18.6 Å². The lowest BCUT2D eigenvalue weighted by Crippen LogP contribution is -2.14. The lowest BCUT2D eigenvalue weighted by Gasteiger charge is -2.07. The molecule has 0 radical (unpaired) electrons. The van der Waals surface area contributed by atoms with Crippen LogP contribution in [-0.4, -0.2) is 24.4 Å². The third kappa shape index (κ3) is 4.96. The summed E-state index contributed by atoms with van der Waals surface area (Å²) in [7, 11) is 0. The third-order valence-electron chi connectivity index (χ3n) is 2.15. The molecule has 1 rings (SSSR count). The van der Waals surface area contributed by atoms with Gasteiger partial charge in [-0.2, -0.15) is 0 Å². The SMILES string of the molecule is C=C[C@H](CO)OC/C=C/CCc1ccco1. The average molecular weight is 222 g/mol. The summed E-state index contributed by atoms with van der Waals surface area (Å²) in [5, 5.41) is 8.82. The first-order chi connectivity index (χ1) is 7.86. The van der Waals surface area contributed by atoms with E-state index in [1.807, 2.05) is 24.3 Å². The molecule has 0 aromatic carbocycles. The van der Waals surface area contributed by atoms with Crippen molar-refractivity contribution in [1.29, 1.82) is 0 Å². The van der Waals surface area contributed by atoms with Crippen LogP contribution in [0, 0.1) is 0 Å². The predicted octanol–water partition coefficient (Wildman–Crippen LogP) is 2.33. The number of aryl methyl sites for hydroxylation is 1. The molecule has 88 valence electrons. The van der Waals surface area contributed by atoms with Gasteiger partial charge in [0.05, 0.1) is 25.6 Å². The minimum absolute atomic E-state index is 0.0241. The molecule has 0 aliphatic heterocycles. The summed E-state index contributed by atoms with van der Waals surface area (Å²) in [5.41, 5.74) is 0. The van der Waals surface area contributed by atoms with E-state index in [2.05, 4.69) is 6.58 Å². The minimum Gasteiger partial charge on any atom is -0.469 e. The number of hydrogen-bond acceptors (Lipinski definition) is 3. The Hall–Kier alpha value is -1.32. The zero-order valence-corrected chi connectivity index (χ0v) is 9.34. The predicted molar refractivity (Wildman–Crippen MR) is 63.2 cm³/mol. The molecule has 0 aliphatic rings. The van der Waals surface area contributed by atoms with Gasteiger partial charge in [-0.25, -0.2) is 0 Å². The van der Waals surface area contributed by atoms with Crippen molar-refractivity contribution < 1.29 is 14.3 Å². The third-order valence-corrected chi connectivity index (χ3v) is 2.15. The van der Waals surface area contributed by atoms with Gasteiger partial charge in [0.15, 0.2) is 0 Å². The van der Waals surface area contributed by atoms with Gasteiger partial charge >= 0.3 is 0 Å². The van der Waals surface area contributed by atoms with Crippen molar-refractivity contribution in [3.05, 3.63) is 49.0 Å². The number of allylic oxidation sites excluding steroid dienone is 1. The summed E-state index contributed by atoms with van der Waals surface area (Å²) in [4.78, 5) is 0. The van der Waals surface area contributed by atoms with E-state index in [0.29, 0.717) is 6.61 Å². The fourth-order valence-corrected chi connectivity index (χ4v) is 1.24. The Morgan fingerprint density at radius 1 is 1.50 bits per heavy atom. The van der Waals surface area contributed by atoms with Gasteiger partial charge < -0.3 is 14.3 Å². The molecule has 1 N–H and O–H groups in total. The summed E-state index contributed by atoms with van der Waals surface area (Å²) >= 11 is 0. The topological polar surface area (TPSA) is 42.6 Å². The molecule has 0 aliphatic carbocycles. The molecule has 0 spiro atoms. The Bertz CT molecular complexity index is 301. The van der Waals surface area contributed by atoms with E-state index in [-0.39, 0.29) is 12.7 Å². The second kappa shape index (κ2) is 7.91. The highest BCUT2D eigenvalue weighted by molar-refractivity contribution is 4.99. The molecule has 0 fully saturated rings. The fraction of sp³-hybridized carbons (Fsp3) is 0.385. The molecule has 0 amide bonds. The first kappa shape index (κ1) is 12.7. The highest BCUT2D eigenvalue weighted by Crippen LogP contribution is 2.03. The molecule has 0 saturated heterocycles. The van der Waals surface area contributed by atoms with Crippen LogP contribution < -0.4 is 0 Å². The number of rotatable bonds is 8. The van der Waals surface area contributed by atoms with Gasteiger partial charge in [-0.05, 0) is 18.6 Å². The molecule has 0 unspecified atom stereocenters. The Kier molecular flexibility index (Phi) is 6.30. The van der Waals surface area contributed by atoms with E-state index in [1.165, 1.54) is 0 Å². The van der Waals surface area contributed by atoms with Crippen LogP contribution in [0.5, 0.6) is 0 Å². The van der Waals surface area contributed by atoms with Crippen LogP contribution in [-0.2, 0) is 11.2 Å². The lowest BCUT2D eigenvalue weighted by atomic mass is 10.2. The molecule has 3 nitrogen and oxygen atoms in total. The lowest BCUT2D eigenvalue weighted by molar-refractivity contribution is 0.0601. The molecule has 0 bridgehead atoms. The summed E-state index contributed by atoms with van der Waals surface area (Å²) in [6.07, 6.45) is 8.81. The Morgan fingerprint density at radius 3 is 3.00 bits per heavy atom. The Morgan fingerprint density at radius 2 is 2.38 bits per heavy atom.